The van der Waals surface area contributed by atoms with Crippen LogP contribution >= 0.6 is 0 Å². The van der Waals surface area contributed by atoms with E-state index in [0.29, 0.717) is 12.4 Å². The zero-order chi connectivity index (χ0) is 10.6. The van der Waals surface area contributed by atoms with Gasteiger partial charge in [-0.05, 0) is 12.1 Å². The molecule has 0 aromatic carbocycles. The third kappa shape index (κ3) is 2.62. The number of pyridine rings is 1. The van der Waals surface area contributed by atoms with E-state index in [2.05, 4.69) is 10.3 Å². The van der Waals surface area contributed by atoms with Crippen LogP contribution in [0.1, 0.15) is 0 Å². The molecule has 1 heterocycles. The van der Waals surface area contributed by atoms with Gasteiger partial charge in [-0.25, -0.2) is 4.98 Å². The molecule has 0 aliphatic rings. The van der Waals surface area contributed by atoms with Gasteiger partial charge in [0.05, 0.1) is 18.4 Å². The second kappa shape index (κ2) is 4.45. The molecule has 1 aromatic rings. The van der Waals surface area contributed by atoms with Crippen molar-refractivity contribution in [3.05, 3.63) is 18.3 Å². The molecule has 1 aromatic heterocycles. The summed E-state index contributed by atoms with van der Waals surface area (Å²) in [7, 11) is 3.43. The summed E-state index contributed by atoms with van der Waals surface area (Å²) in [6, 6.07) is 3.53. The molecule has 0 saturated carbocycles. The van der Waals surface area contributed by atoms with E-state index in [9.17, 15) is 4.79 Å². The van der Waals surface area contributed by atoms with E-state index < -0.39 is 0 Å². The number of hydrogen-bond donors (Lipinski definition) is 2. The molecule has 3 N–H and O–H groups in total. The number of likely N-dealkylation sites (N-methyl/N-ethyl adjacent to an activating group) is 2. The van der Waals surface area contributed by atoms with Crippen LogP contribution < -0.4 is 16.0 Å². The number of nitrogens with two attached hydrogens (primary N) is 1. The smallest absolute Gasteiger partial charge is 0.239 e. The molecule has 0 spiro atoms. The Bertz CT molecular complexity index is 309. The fraction of sp³-hybridized carbons (Fsp3) is 0.333. The van der Waals surface area contributed by atoms with Crippen molar-refractivity contribution in [3.8, 4) is 0 Å². The van der Waals surface area contributed by atoms with Crippen molar-refractivity contribution >= 4 is 17.4 Å². The number of hydrogen-bond acceptors (Lipinski definition) is 4. The summed E-state index contributed by atoms with van der Waals surface area (Å²) in [6.45, 7) is 0.308. The van der Waals surface area contributed by atoms with Crippen LogP contribution in [0.15, 0.2) is 18.3 Å². The van der Waals surface area contributed by atoms with Crippen molar-refractivity contribution in [1.29, 1.82) is 0 Å². The number of carbonyl (C=O) groups is 1. The largest absolute Gasteiger partial charge is 0.384 e. The summed E-state index contributed by atoms with van der Waals surface area (Å²) in [5.74, 6) is 0.436. The monoisotopic (exact) mass is 194 g/mol. The molecular weight excluding hydrogens is 180 g/mol. The summed E-state index contributed by atoms with van der Waals surface area (Å²) in [6.07, 6.45) is 1.64. The molecule has 0 atom stereocenters. The minimum atomic E-state index is -0.0377. The Morgan fingerprint density at radius 2 is 2.36 bits per heavy atom. The molecule has 1 amide bonds. The first-order chi connectivity index (χ1) is 6.63. The zero-order valence-electron chi connectivity index (χ0n) is 8.32. The fourth-order valence-corrected chi connectivity index (χ4v) is 1.01. The summed E-state index contributed by atoms with van der Waals surface area (Å²) < 4.78 is 0. The molecule has 0 unspecified atom stereocenters. The standard InChI is InChI=1S/C9H14N4O/c1-11-9(14)6-13(2)7-3-4-8(10)12-5-7/h3-5H,6H2,1-2H3,(H2,10,12)(H,11,14). The molecule has 0 bridgehead atoms. The Morgan fingerprint density at radius 3 is 2.86 bits per heavy atom. The summed E-state index contributed by atoms with van der Waals surface area (Å²) >= 11 is 0. The predicted molar refractivity (Wildman–Crippen MR) is 56.0 cm³/mol. The van der Waals surface area contributed by atoms with Crippen molar-refractivity contribution in [2.45, 2.75) is 0 Å². The van der Waals surface area contributed by atoms with Gasteiger partial charge in [0.1, 0.15) is 5.82 Å². The molecule has 14 heavy (non-hydrogen) atoms. The average Bonchev–Trinajstić information content (AvgIpc) is 2.18. The molecule has 0 fully saturated rings. The average molecular weight is 194 g/mol. The Balaban J connectivity index is 2.65. The van der Waals surface area contributed by atoms with Gasteiger partial charge in [0.25, 0.3) is 0 Å². The molecular formula is C9H14N4O. The van der Waals surface area contributed by atoms with E-state index in [1.807, 2.05) is 13.1 Å². The highest BCUT2D eigenvalue weighted by Gasteiger charge is 2.05. The van der Waals surface area contributed by atoms with E-state index in [1.165, 1.54) is 0 Å². The van der Waals surface area contributed by atoms with Crippen LogP contribution in [0, 0.1) is 0 Å². The maximum Gasteiger partial charge on any atom is 0.239 e. The third-order valence-electron chi connectivity index (χ3n) is 1.87. The molecule has 1 rings (SSSR count). The Hall–Kier alpha value is -1.78. The maximum absolute atomic E-state index is 11.1. The van der Waals surface area contributed by atoms with E-state index in [1.54, 1.807) is 24.2 Å². The molecule has 0 aliphatic carbocycles. The highest BCUT2D eigenvalue weighted by atomic mass is 16.1. The van der Waals surface area contributed by atoms with E-state index in [4.69, 9.17) is 5.73 Å². The fourth-order valence-electron chi connectivity index (χ4n) is 1.01. The third-order valence-corrected chi connectivity index (χ3v) is 1.87. The van der Waals surface area contributed by atoms with Crippen LogP contribution in [0.4, 0.5) is 11.5 Å². The van der Waals surface area contributed by atoms with Gasteiger partial charge in [0.15, 0.2) is 0 Å². The molecule has 5 nitrogen and oxygen atoms in total. The zero-order valence-corrected chi connectivity index (χ0v) is 8.32. The summed E-state index contributed by atoms with van der Waals surface area (Å²) in [5.41, 5.74) is 6.31. The molecule has 0 saturated heterocycles. The van der Waals surface area contributed by atoms with Crippen LogP contribution in [0.25, 0.3) is 0 Å². The lowest BCUT2D eigenvalue weighted by Gasteiger charge is -2.17. The van der Waals surface area contributed by atoms with E-state index in [-0.39, 0.29) is 5.91 Å². The van der Waals surface area contributed by atoms with E-state index in [0.717, 1.165) is 5.69 Å². The number of amides is 1. The second-order valence-corrected chi connectivity index (χ2v) is 2.97. The van der Waals surface area contributed by atoms with Gasteiger partial charge in [0, 0.05) is 14.1 Å². The summed E-state index contributed by atoms with van der Waals surface area (Å²) in [5, 5.41) is 2.55. The minimum absolute atomic E-state index is 0.0377. The van der Waals surface area contributed by atoms with Gasteiger partial charge < -0.3 is 16.0 Å². The van der Waals surface area contributed by atoms with Gasteiger partial charge in [-0.1, -0.05) is 0 Å². The summed E-state index contributed by atoms with van der Waals surface area (Å²) in [4.78, 5) is 16.8. The quantitative estimate of drug-likeness (QED) is 0.701. The maximum atomic E-state index is 11.1. The van der Waals surface area contributed by atoms with Gasteiger partial charge in [-0.15, -0.1) is 0 Å². The Morgan fingerprint density at radius 1 is 1.64 bits per heavy atom. The number of aromatic nitrogens is 1. The SMILES string of the molecule is CNC(=O)CN(C)c1ccc(N)nc1. The Kier molecular flexibility index (Phi) is 3.28. The number of rotatable bonds is 3. The topological polar surface area (TPSA) is 71.2 Å². The lowest BCUT2D eigenvalue weighted by atomic mass is 10.3. The van der Waals surface area contributed by atoms with Crippen molar-refractivity contribution in [2.75, 3.05) is 31.3 Å². The van der Waals surface area contributed by atoms with Crippen LogP contribution in [-0.4, -0.2) is 31.5 Å². The number of anilines is 2. The van der Waals surface area contributed by atoms with Crippen LogP contribution in [0.5, 0.6) is 0 Å². The number of nitrogens with one attached hydrogen (secondary N) is 1. The first-order valence-electron chi connectivity index (χ1n) is 4.26. The van der Waals surface area contributed by atoms with Crippen molar-refractivity contribution in [1.82, 2.24) is 10.3 Å². The van der Waals surface area contributed by atoms with Crippen LogP contribution in [-0.2, 0) is 4.79 Å². The van der Waals surface area contributed by atoms with E-state index >= 15 is 0 Å². The number of nitrogens with zero attached hydrogens (tertiary/aromatic N) is 2. The normalized spacial score (nSPS) is 9.57. The van der Waals surface area contributed by atoms with Gasteiger partial charge >= 0.3 is 0 Å². The molecule has 0 radical (unpaired) electrons. The molecule has 5 heteroatoms. The highest BCUT2D eigenvalue weighted by Crippen LogP contribution is 2.11. The lowest BCUT2D eigenvalue weighted by Crippen LogP contribution is -2.32. The molecule has 76 valence electrons. The van der Waals surface area contributed by atoms with Gasteiger partial charge in [0.2, 0.25) is 5.91 Å². The van der Waals surface area contributed by atoms with Crippen molar-refractivity contribution in [2.24, 2.45) is 0 Å². The Labute approximate surface area is 82.9 Å². The highest BCUT2D eigenvalue weighted by molar-refractivity contribution is 5.80. The molecule has 0 aliphatic heterocycles. The second-order valence-electron chi connectivity index (χ2n) is 2.97. The van der Waals surface area contributed by atoms with Crippen molar-refractivity contribution < 1.29 is 4.79 Å². The van der Waals surface area contributed by atoms with Crippen LogP contribution in [0.2, 0.25) is 0 Å². The van der Waals surface area contributed by atoms with Crippen LogP contribution in [0.3, 0.4) is 0 Å². The lowest BCUT2D eigenvalue weighted by molar-refractivity contribution is -0.119. The van der Waals surface area contributed by atoms with Crippen molar-refractivity contribution in [3.63, 3.8) is 0 Å². The minimum Gasteiger partial charge on any atom is -0.384 e. The van der Waals surface area contributed by atoms with Gasteiger partial charge in [-0.2, -0.15) is 0 Å². The first kappa shape index (κ1) is 10.3. The first-order valence-corrected chi connectivity index (χ1v) is 4.26. The predicted octanol–water partition coefficient (Wildman–Crippen LogP) is -0.154. The van der Waals surface area contributed by atoms with Gasteiger partial charge in [-0.3, -0.25) is 4.79 Å². The number of nitrogen functional groups attached to an aromatic ring is 1. The number of carbonyl (C=O) groups excluding carboxylic acids is 1.